The molecule has 2 heterocycles. The van der Waals surface area contributed by atoms with E-state index in [0.717, 1.165) is 23.7 Å². The second kappa shape index (κ2) is 9.24. The van der Waals surface area contributed by atoms with Crippen molar-refractivity contribution in [2.24, 2.45) is 5.73 Å². The molecule has 1 amide bonds. The lowest BCUT2D eigenvalue weighted by Gasteiger charge is -2.13. The molecule has 2 N–H and O–H groups in total. The molecular weight excluding hydrogens is 479 g/mol. The van der Waals surface area contributed by atoms with Crippen LogP contribution in [0.1, 0.15) is 26.5 Å². The molecule has 0 aliphatic heterocycles. The highest BCUT2D eigenvalue weighted by molar-refractivity contribution is 7.94. The van der Waals surface area contributed by atoms with Crippen LogP contribution in [0, 0.1) is 0 Å². The molecule has 0 atom stereocenters. The quantitative estimate of drug-likeness (QED) is 0.470. The van der Waals surface area contributed by atoms with Crippen LogP contribution in [0.3, 0.4) is 0 Å². The average Bonchev–Trinajstić information content (AvgIpc) is 3.36. The molecular formula is C21H18F3N3O4S2. The maximum atomic E-state index is 13.2. The van der Waals surface area contributed by atoms with Gasteiger partial charge in [-0.25, -0.2) is 13.4 Å². The van der Waals surface area contributed by atoms with Gasteiger partial charge in [0.15, 0.2) is 9.84 Å². The number of imidazole rings is 1. The van der Waals surface area contributed by atoms with Crippen LogP contribution in [-0.4, -0.2) is 30.1 Å². The van der Waals surface area contributed by atoms with Gasteiger partial charge in [0.1, 0.15) is 28.6 Å². The molecule has 0 saturated heterocycles. The maximum absolute atomic E-state index is 13.2. The highest BCUT2D eigenvalue weighted by Crippen LogP contribution is 2.35. The molecule has 3 aromatic rings. The van der Waals surface area contributed by atoms with Gasteiger partial charge in [-0.15, -0.1) is 11.3 Å². The number of primary amides is 1. The van der Waals surface area contributed by atoms with Gasteiger partial charge in [0.25, 0.3) is 5.91 Å². The van der Waals surface area contributed by atoms with E-state index in [1.54, 1.807) is 6.20 Å². The highest BCUT2D eigenvalue weighted by atomic mass is 32.2. The Labute approximate surface area is 191 Å². The number of amides is 1. The zero-order valence-corrected chi connectivity index (χ0v) is 18.8. The Morgan fingerprint density at radius 3 is 2.67 bits per heavy atom. The number of carbonyl (C=O) groups is 1. The minimum atomic E-state index is -4.55. The number of nitrogens with two attached hydrogens (primary N) is 1. The normalized spacial score (nSPS) is 12.2. The second-order valence-electron chi connectivity index (χ2n) is 6.86. The highest BCUT2D eigenvalue weighted by Gasteiger charge is 2.33. The maximum Gasteiger partial charge on any atom is 0.416 e. The Hall–Kier alpha value is -3.38. The molecule has 2 aromatic heterocycles. The lowest BCUT2D eigenvalue weighted by atomic mass is 10.1. The van der Waals surface area contributed by atoms with Crippen LogP contribution >= 0.6 is 11.3 Å². The summed E-state index contributed by atoms with van der Waals surface area (Å²) in [5.74, 6) is -0.759. The molecule has 7 nitrogen and oxygen atoms in total. The van der Waals surface area contributed by atoms with Gasteiger partial charge < -0.3 is 10.5 Å². The molecule has 0 bridgehead atoms. The first-order valence-electron chi connectivity index (χ1n) is 9.19. The SMILES string of the molecule is C=C(C=Cc1cn(-c2cc(OCc3ccccc3C(F)(F)F)c(C(N)=O)s2)cn1)S(C)(=O)=O. The van der Waals surface area contributed by atoms with E-state index in [4.69, 9.17) is 10.5 Å². The van der Waals surface area contributed by atoms with E-state index in [-0.39, 0.29) is 21.1 Å². The van der Waals surface area contributed by atoms with Crippen molar-refractivity contribution in [3.05, 3.63) is 82.1 Å². The molecule has 3 rings (SSSR count). The van der Waals surface area contributed by atoms with Crippen LogP contribution in [0.4, 0.5) is 13.2 Å². The van der Waals surface area contributed by atoms with E-state index >= 15 is 0 Å². The number of thiophene rings is 1. The van der Waals surface area contributed by atoms with E-state index in [1.807, 2.05) is 0 Å². The van der Waals surface area contributed by atoms with Gasteiger partial charge in [0.2, 0.25) is 0 Å². The van der Waals surface area contributed by atoms with Crippen LogP contribution in [0.15, 0.2) is 60.4 Å². The van der Waals surface area contributed by atoms with Gasteiger partial charge in [-0.3, -0.25) is 9.36 Å². The first-order chi connectivity index (χ1) is 15.4. The average molecular weight is 498 g/mol. The number of rotatable bonds is 8. The molecule has 1 aromatic carbocycles. The van der Waals surface area contributed by atoms with Crippen LogP contribution < -0.4 is 10.5 Å². The van der Waals surface area contributed by atoms with Crippen LogP contribution in [-0.2, 0) is 22.6 Å². The van der Waals surface area contributed by atoms with Gasteiger partial charge in [0.05, 0.1) is 16.2 Å². The molecule has 174 valence electrons. The number of halogens is 3. The van der Waals surface area contributed by atoms with E-state index in [9.17, 15) is 26.4 Å². The molecule has 0 spiro atoms. The number of nitrogens with zero attached hydrogens (tertiary/aromatic N) is 2. The van der Waals surface area contributed by atoms with E-state index in [1.165, 1.54) is 47.3 Å². The second-order valence-corrected chi connectivity index (χ2v) is 9.96. The first kappa shape index (κ1) is 24.3. The van der Waals surface area contributed by atoms with Crippen LogP contribution in [0.5, 0.6) is 5.75 Å². The summed E-state index contributed by atoms with van der Waals surface area (Å²) in [7, 11) is -3.42. The fraction of sp³-hybridized carbons (Fsp3) is 0.143. The number of sulfone groups is 1. The summed E-state index contributed by atoms with van der Waals surface area (Å²) >= 11 is 0.971. The third-order valence-corrected chi connectivity index (χ3v) is 6.62. The fourth-order valence-corrected chi connectivity index (χ4v) is 3.91. The number of hydrogen-bond donors (Lipinski definition) is 1. The number of carbonyl (C=O) groups excluding carboxylic acids is 1. The summed E-state index contributed by atoms with van der Waals surface area (Å²) < 4.78 is 69.5. The number of aromatic nitrogens is 2. The summed E-state index contributed by atoms with van der Waals surface area (Å²) in [6.07, 6.45) is 2.22. The summed E-state index contributed by atoms with van der Waals surface area (Å²) in [6, 6.07) is 6.44. The Bertz CT molecular complexity index is 1340. The van der Waals surface area contributed by atoms with Crippen molar-refractivity contribution < 1.29 is 31.1 Å². The standard InChI is InChI=1S/C21H18F3N3O4S2/c1-13(33(2,29)30)7-8-15-10-27(12-26-15)18-9-17(19(32-18)20(25)28)31-11-14-5-3-4-6-16(14)21(22,23)24/h3-10,12H,1,11H2,2H3,(H2,25,28). The van der Waals surface area contributed by atoms with E-state index in [0.29, 0.717) is 10.7 Å². The predicted molar refractivity (Wildman–Crippen MR) is 119 cm³/mol. The first-order valence-corrected chi connectivity index (χ1v) is 11.9. The van der Waals surface area contributed by atoms with Crippen molar-refractivity contribution >= 4 is 33.2 Å². The van der Waals surface area contributed by atoms with Crippen molar-refractivity contribution in [2.45, 2.75) is 12.8 Å². The number of allylic oxidation sites excluding steroid dienone is 1. The Balaban J connectivity index is 1.84. The molecule has 0 aliphatic carbocycles. The number of benzene rings is 1. The Morgan fingerprint density at radius 1 is 1.33 bits per heavy atom. The number of alkyl halides is 3. The zero-order valence-electron chi connectivity index (χ0n) is 17.2. The Morgan fingerprint density at radius 2 is 2.03 bits per heavy atom. The van der Waals surface area contributed by atoms with Gasteiger partial charge in [0, 0.05) is 24.1 Å². The lowest BCUT2D eigenvalue weighted by molar-refractivity contribution is -0.138. The molecule has 33 heavy (non-hydrogen) atoms. The molecule has 0 aliphatic rings. The number of hydrogen-bond acceptors (Lipinski definition) is 6. The molecule has 12 heteroatoms. The lowest BCUT2D eigenvalue weighted by Crippen LogP contribution is -2.13. The predicted octanol–water partition coefficient (Wildman–Crippen LogP) is 4.20. The monoisotopic (exact) mass is 497 g/mol. The zero-order chi connectivity index (χ0) is 24.4. The molecule has 0 fully saturated rings. The summed E-state index contributed by atoms with van der Waals surface area (Å²) in [5, 5.41) is 0.469. The van der Waals surface area contributed by atoms with E-state index < -0.39 is 34.1 Å². The van der Waals surface area contributed by atoms with Crippen molar-refractivity contribution in [3.63, 3.8) is 0 Å². The van der Waals surface area contributed by atoms with Crippen LogP contribution in [0.2, 0.25) is 0 Å². The van der Waals surface area contributed by atoms with Gasteiger partial charge in [-0.1, -0.05) is 24.8 Å². The van der Waals surface area contributed by atoms with Crippen molar-refractivity contribution in [3.8, 4) is 10.8 Å². The number of ether oxygens (including phenoxy) is 1. The summed E-state index contributed by atoms with van der Waals surface area (Å²) in [5.41, 5.74) is 4.90. The third-order valence-electron chi connectivity index (χ3n) is 4.39. The Kier molecular flexibility index (Phi) is 6.79. The summed E-state index contributed by atoms with van der Waals surface area (Å²) in [6.45, 7) is 3.04. The smallest absolute Gasteiger partial charge is 0.416 e. The molecule has 0 unspecified atom stereocenters. The van der Waals surface area contributed by atoms with E-state index in [2.05, 4.69) is 11.6 Å². The minimum absolute atomic E-state index is 0.0331. The summed E-state index contributed by atoms with van der Waals surface area (Å²) in [4.78, 5) is 15.9. The fourth-order valence-electron chi connectivity index (χ4n) is 2.69. The van der Waals surface area contributed by atoms with Gasteiger partial charge in [-0.05, 0) is 18.2 Å². The molecule has 0 saturated carbocycles. The largest absolute Gasteiger partial charge is 0.487 e. The van der Waals surface area contributed by atoms with Gasteiger partial charge in [-0.2, -0.15) is 13.2 Å². The van der Waals surface area contributed by atoms with Crippen LogP contribution in [0.25, 0.3) is 11.1 Å². The van der Waals surface area contributed by atoms with Crippen molar-refractivity contribution in [2.75, 3.05) is 6.26 Å². The van der Waals surface area contributed by atoms with Gasteiger partial charge >= 0.3 is 6.18 Å². The topological polar surface area (TPSA) is 104 Å². The molecule has 0 radical (unpaired) electrons. The minimum Gasteiger partial charge on any atom is -0.487 e. The third kappa shape index (κ3) is 5.90. The van der Waals surface area contributed by atoms with Crippen molar-refractivity contribution in [1.29, 1.82) is 0 Å². The van der Waals surface area contributed by atoms with Crippen molar-refractivity contribution in [1.82, 2.24) is 9.55 Å².